The minimum absolute atomic E-state index is 0.0420. The summed E-state index contributed by atoms with van der Waals surface area (Å²) >= 11 is 0. The van der Waals surface area contributed by atoms with Crippen molar-refractivity contribution in [2.45, 2.75) is 89.1 Å². The molecule has 2 aliphatic heterocycles. The SMILES string of the molecule is CCCC1C(C(=O)N2CCC(O)(c3ccccc3OC(C)CCC(=O)O)CC2)CCCN1C(=O)c1cnccc1C(F)(F)F. The lowest BCUT2D eigenvalue weighted by Gasteiger charge is -2.45. The van der Waals surface area contributed by atoms with Gasteiger partial charge < -0.3 is 24.7 Å². The lowest BCUT2D eigenvalue weighted by atomic mass is 9.81. The monoisotopic (exact) mass is 619 g/mol. The molecule has 9 nitrogen and oxygen atoms in total. The summed E-state index contributed by atoms with van der Waals surface area (Å²) in [6.07, 6.45) is -0.319. The molecule has 3 atom stereocenters. The Morgan fingerprint density at radius 2 is 1.84 bits per heavy atom. The number of piperidine rings is 2. The smallest absolute Gasteiger partial charge is 0.417 e. The Labute approximate surface area is 255 Å². The Balaban J connectivity index is 1.48. The Bertz CT molecular complexity index is 1330. The summed E-state index contributed by atoms with van der Waals surface area (Å²) in [5.74, 6) is -1.97. The van der Waals surface area contributed by atoms with Crippen molar-refractivity contribution in [1.29, 1.82) is 0 Å². The maximum Gasteiger partial charge on any atom is 0.417 e. The highest BCUT2D eigenvalue weighted by atomic mass is 19.4. The van der Waals surface area contributed by atoms with Gasteiger partial charge in [-0.25, -0.2) is 0 Å². The number of ether oxygens (including phenoxy) is 1. The second-order valence-corrected chi connectivity index (χ2v) is 11.7. The largest absolute Gasteiger partial charge is 0.490 e. The molecule has 2 aromatic rings. The number of carbonyl (C=O) groups is 3. The Morgan fingerprint density at radius 1 is 1.14 bits per heavy atom. The van der Waals surface area contributed by atoms with Gasteiger partial charge >= 0.3 is 12.1 Å². The van der Waals surface area contributed by atoms with Crippen LogP contribution in [0.1, 0.15) is 86.7 Å². The van der Waals surface area contributed by atoms with Crippen LogP contribution in [0.25, 0.3) is 0 Å². The quantitative estimate of drug-likeness (QED) is 0.372. The molecule has 2 N–H and O–H groups in total. The van der Waals surface area contributed by atoms with Gasteiger partial charge in [-0.2, -0.15) is 13.2 Å². The number of carboxylic acid groups (broad SMARTS) is 1. The zero-order valence-corrected chi connectivity index (χ0v) is 25.1. The number of carbonyl (C=O) groups excluding carboxylic acids is 2. The van der Waals surface area contributed by atoms with Crippen LogP contribution in [0, 0.1) is 5.92 Å². The van der Waals surface area contributed by atoms with Gasteiger partial charge in [0.1, 0.15) is 5.75 Å². The number of likely N-dealkylation sites (tertiary alicyclic amines) is 2. The third-order valence-electron chi connectivity index (χ3n) is 8.68. The molecular weight excluding hydrogens is 579 g/mol. The van der Waals surface area contributed by atoms with Crippen LogP contribution in [0.4, 0.5) is 13.2 Å². The van der Waals surface area contributed by atoms with Crippen molar-refractivity contribution in [3.8, 4) is 5.75 Å². The maximum absolute atomic E-state index is 13.9. The highest BCUT2D eigenvalue weighted by molar-refractivity contribution is 5.96. The van der Waals surface area contributed by atoms with Gasteiger partial charge in [0.2, 0.25) is 5.91 Å². The Morgan fingerprint density at radius 3 is 2.50 bits per heavy atom. The minimum Gasteiger partial charge on any atom is -0.490 e. The fraction of sp³-hybridized carbons (Fsp3) is 0.562. The van der Waals surface area contributed by atoms with E-state index in [4.69, 9.17) is 9.84 Å². The predicted octanol–water partition coefficient (Wildman–Crippen LogP) is 5.26. The van der Waals surface area contributed by atoms with Crippen LogP contribution < -0.4 is 4.74 Å². The number of aromatic nitrogens is 1. The lowest BCUT2D eigenvalue weighted by molar-refractivity contribution is -0.144. The van der Waals surface area contributed by atoms with E-state index in [1.165, 1.54) is 4.90 Å². The fourth-order valence-corrected chi connectivity index (χ4v) is 6.37. The number of aliphatic hydroxyl groups is 1. The summed E-state index contributed by atoms with van der Waals surface area (Å²) in [5, 5.41) is 20.7. The zero-order chi connectivity index (χ0) is 32.1. The second-order valence-electron chi connectivity index (χ2n) is 11.7. The average Bonchev–Trinajstić information content (AvgIpc) is 3.00. The van der Waals surface area contributed by atoms with Crippen molar-refractivity contribution < 1.29 is 42.5 Å². The minimum atomic E-state index is -4.72. The number of amides is 2. The standard InChI is InChI=1S/C32H40F3N3O6/c1-3-7-26-22(8-6-17-38(26)30(42)23-20-36-16-13-24(23)32(33,34)35)29(41)37-18-14-31(43,15-19-37)25-9-4-5-10-27(25)44-21(2)11-12-28(39)40/h4-5,9-10,13,16,20-22,26,43H,3,6-8,11-12,14-15,17-19H2,1-2H3,(H,39,40). The molecule has 0 radical (unpaired) electrons. The van der Waals surface area contributed by atoms with E-state index in [-0.39, 0.29) is 50.9 Å². The number of alkyl halides is 3. The summed E-state index contributed by atoms with van der Waals surface area (Å²) in [6, 6.07) is 7.30. The fourth-order valence-electron chi connectivity index (χ4n) is 6.37. The van der Waals surface area contributed by atoms with Gasteiger partial charge in [-0.05, 0) is 57.6 Å². The molecule has 2 amide bonds. The average molecular weight is 620 g/mol. The van der Waals surface area contributed by atoms with Crippen molar-refractivity contribution in [2.75, 3.05) is 19.6 Å². The summed E-state index contributed by atoms with van der Waals surface area (Å²) in [5.41, 5.74) is -2.26. The van der Waals surface area contributed by atoms with E-state index in [9.17, 15) is 32.7 Å². The van der Waals surface area contributed by atoms with E-state index in [1.807, 2.05) is 6.92 Å². The van der Waals surface area contributed by atoms with Crippen molar-refractivity contribution >= 4 is 17.8 Å². The summed E-state index contributed by atoms with van der Waals surface area (Å²) in [4.78, 5) is 45.2. The molecule has 3 heterocycles. The first-order chi connectivity index (χ1) is 20.9. The van der Waals surface area contributed by atoms with Gasteiger partial charge in [0.15, 0.2) is 0 Å². The van der Waals surface area contributed by atoms with E-state index in [2.05, 4.69) is 4.98 Å². The van der Waals surface area contributed by atoms with Crippen molar-refractivity contribution in [3.63, 3.8) is 0 Å². The Hall–Kier alpha value is -3.67. The topological polar surface area (TPSA) is 120 Å². The van der Waals surface area contributed by atoms with Gasteiger partial charge in [0.25, 0.3) is 5.91 Å². The number of halogens is 3. The van der Waals surface area contributed by atoms with Crippen LogP contribution in [0.15, 0.2) is 42.7 Å². The number of benzene rings is 1. The van der Waals surface area contributed by atoms with E-state index >= 15 is 0 Å². The maximum atomic E-state index is 13.9. The molecule has 0 saturated carbocycles. The molecule has 240 valence electrons. The van der Waals surface area contributed by atoms with Crippen LogP contribution in [0.3, 0.4) is 0 Å². The molecule has 0 spiro atoms. The molecule has 3 unspecified atom stereocenters. The third kappa shape index (κ3) is 7.51. The molecule has 1 aromatic heterocycles. The van der Waals surface area contributed by atoms with Gasteiger partial charge in [0, 0.05) is 50.1 Å². The van der Waals surface area contributed by atoms with E-state index in [0.29, 0.717) is 43.4 Å². The molecule has 2 aliphatic rings. The van der Waals surface area contributed by atoms with Gasteiger partial charge in [0.05, 0.1) is 28.7 Å². The van der Waals surface area contributed by atoms with Crippen LogP contribution >= 0.6 is 0 Å². The highest BCUT2D eigenvalue weighted by Gasteiger charge is 2.44. The van der Waals surface area contributed by atoms with E-state index in [1.54, 1.807) is 36.1 Å². The lowest BCUT2D eigenvalue weighted by Crippen LogP contribution is -2.55. The van der Waals surface area contributed by atoms with E-state index < -0.39 is 46.7 Å². The molecule has 2 saturated heterocycles. The number of nitrogens with zero attached hydrogens (tertiary/aromatic N) is 3. The first-order valence-corrected chi connectivity index (χ1v) is 15.2. The summed E-state index contributed by atoms with van der Waals surface area (Å²) in [6.45, 7) is 4.44. The molecule has 2 fully saturated rings. The number of para-hydroxylation sites is 1. The van der Waals surface area contributed by atoms with Crippen LogP contribution in [-0.4, -0.2) is 74.6 Å². The molecule has 0 aliphatic carbocycles. The van der Waals surface area contributed by atoms with Crippen LogP contribution in [0.2, 0.25) is 0 Å². The number of carboxylic acids is 1. The molecule has 4 rings (SSSR count). The van der Waals surface area contributed by atoms with Gasteiger partial charge in [-0.3, -0.25) is 19.4 Å². The van der Waals surface area contributed by atoms with Crippen molar-refractivity contribution in [1.82, 2.24) is 14.8 Å². The van der Waals surface area contributed by atoms with Gasteiger partial charge in [-0.15, -0.1) is 0 Å². The molecule has 12 heteroatoms. The van der Waals surface area contributed by atoms with E-state index in [0.717, 1.165) is 18.5 Å². The molecule has 44 heavy (non-hydrogen) atoms. The first-order valence-electron chi connectivity index (χ1n) is 15.2. The summed E-state index contributed by atoms with van der Waals surface area (Å²) < 4.78 is 47.1. The van der Waals surface area contributed by atoms with Gasteiger partial charge in [-0.1, -0.05) is 31.5 Å². The number of hydrogen-bond acceptors (Lipinski definition) is 6. The number of hydrogen-bond donors (Lipinski definition) is 2. The molecule has 1 aromatic carbocycles. The Kier molecular flexibility index (Phi) is 10.5. The normalized spacial score (nSPS) is 21.0. The first kappa shape index (κ1) is 33.2. The molecule has 0 bridgehead atoms. The third-order valence-corrected chi connectivity index (χ3v) is 8.68. The molecular formula is C32H40F3N3O6. The second kappa shape index (κ2) is 14.0. The predicted molar refractivity (Wildman–Crippen MR) is 155 cm³/mol. The number of aliphatic carboxylic acids is 1. The number of pyridine rings is 1. The number of rotatable bonds is 10. The van der Waals surface area contributed by atoms with Crippen molar-refractivity contribution in [3.05, 3.63) is 59.4 Å². The zero-order valence-electron chi connectivity index (χ0n) is 25.1. The van der Waals surface area contributed by atoms with Crippen molar-refractivity contribution in [2.24, 2.45) is 5.92 Å². The van der Waals surface area contributed by atoms with Crippen LogP contribution in [0.5, 0.6) is 5.75 Å². The summed E-state index contributed by atoms with van der Waals surface area (Å²) in [7, 11) is 0. The highest BCUT2D eigenvalue weighted by Crippen LogP contribution is 2.40. The van der Waals surface area contributed by atoms with Crippen LogP contribution in [-0.2, 0) is 21.4 Å².